The standard InChI is InChI=1S/C63H49N5S/c1-65(69-63(64)45-22-3-2-4-23-45)41-59(68-57-32-16-13-29-51(57)54-39-36-44-21-7-10-26-48(44)62(54)68)58(67-56-31-15-12-28-50(56)53-38-35-43-20-6-9-25-47(43)61(53)67)33-17-18-40-66-55-30-14-11-27-49(55)52-37-34-42-19-5-8-24-46(42)60(52)66/h2-17,19-33,35-36,38-39,64H,18,34,37,40-41H2,1H3/b33-17-,59-58-,64-63?. The minimum absolute atomic E-state index is 0.508. The van der Waals surface area contributed by atoms with Crippen molar-refractivity contribution in [2.45, 2.75) is 25.8 Å². The van der Waals surface area contributed by atoms with E-state index in [0.717, 1.165) is 53.8 Å². The van der Waals surface area contributed by atoms with Crippen LogP contribution in [0.25, 0.3) is 98.7 Å². The van der Waals surface area contributed by atoms with E-state index in [4.69, 9.17) is 0 Å². The SMILES string of the molecule is CN(C/C(=C(\C=C/CCn1c2c(c3ccccc31)CCc1ccccc1-2)n1c2ccccc2c2ccc3ccccc3c21)n1c2ccccc2c2ccc3ccccc3c21)SC(=N)c1ccccc1. The molecule has 9 aromatic carbocycles. The molecule has 69 heavy (non-hydrogen) atoms. The lowest BCUT2D eigenvalue weighted by Crippen LogP contribution is -2.20. The van der Waals surface area contributed by atoms with Crippen LogP contribution in [0.3, 0.4) is 0 Å². The molecule has 6 heteroatoms. The van der Waals surface area contributed by atoms with E-state index in [1.165, 1.54) is 99.4 Å². The first-order valence-corrected chi connectivity index (χ1v) is 24.8. The molecular formula is C63H49N5S. The lowest BCUT2D eigenvalue weighted by Gasteiger charge is -2.24. The van der Waals surface area contributed by atoms with Gasteiger partial charge in [-0.3, -0.25) is 5.41 Å². The fraction of sp³-hybridized carbons (Fsp3) is 0.0952. The Morgan fingerprint density at radius 1 is 0.536 bits per heavy atom. The minimum Gasteiger partial charge on any atom is -0.340 e. The zero-order valence-electron chi connectivity index (χ0n) is 38.4. The zero-order valence-corrected chi connectivity index (χ0v) is 39.3. The summed E-state index contributed by atoms with van der Waals surface area (Å²) < 4.78 is 9.93. The molecule has 1 aliphatic rings. The van der Waals surface area contributed by atoms with E-state index < -0.39 is 0 Å². The Morgan fingerprint density at radius 3 is 1.78 bits per heavy atom. The Hall–Kier alpha value is -7.90. The molecule has 5 nitrogen and oxygen atoms in total. The molecule has 0 atom stereocenters. The van der Waals surface area contributed by atoms with Crippen LogP contribution in [0.2, 0.25) is 0 Å². The van der Waals surface area contributed by atoms with E-state index in [9.17, 15) is 5.41 Å². The molecule has 3 heterocycles. The molecule has 0 saturated heterocycles. The van der Waals surface area contributed by atoms with Crippen LogP contribution < -0.4 is 0 Å². The van der Waals surface area contributed by atoms with Crippen molar-refractivity contribution < 1.29 is 0 Å². The van der Waals surface area contributed by atoms with E-state index in [0.29, 0.717) is 11.6 Å². The topological polar surface area (TPSA) is 41.9 Å². The number of para-hydroxylation sites is 3. The summed E-state index contributed by atoms with van der Waals surface area (Å²) >= 11 is 1.48. The molecule has 3 aromatic heterocycles. The van der Waals surface area contributed by atoms with Crippen molar-refractivity contribution in [2.75, 3.05) is 13.6 Å². The predicted molar refractivity (Wildman–Crippen MR) is 295 cm³/mol. The van der Waals surface area contributed by atoms with Gasteiger partial charge in [0.25, 0.3) is 0 Å². The molecule has 0 radical (unpaired) electrons. The molecule has 1 aliphatic carbocycles. The first-order chi connectivity index (χ1) is 34.1. The molecule has 0 saturated carbocycles. The second-order valence-electron chi connectivity index (χ2n) is 18.3. The molecular weight excluding hydrogens is 859 g/mol. The van der Waals surface area contributed by atoms with Gasteiger partial charge in [-0.2, -0.15) is 0 Å². The Bertz CT molecular complexity index is 4070. The highest BCUT2D eigenvalue weighted by atomic mass is 32.2. The van der Waals surface area contributed by atoms with Crippen LogP contribution in [0.4, 0.5) is 0 Å². The predicted octanol–water partition coefficient (Wildman–Crippen LogP) is 16.0. The van der Waals surface area contributed by atoms with Gasteiger partial charge >= 0.3 is 0 Å². The second-order valence-corrected chi connectivity index (χ2v) is 19.5. The molecule has 0 aliphatic heterocycles. The average Bonchev–Trinajstić information content (AvgIpc) is 4.04. The van der Waals surface area contributed by atoms with Gasteiger partial charge < -0.3 is 13.7 Å². The Balaban J connectivity index is 1.09. The number of rotatable bonds is 10. The first kappa shape index (κ1) is 41.3. The van der Waals surface area contributed by atoms with Gasteiger partial charge in [0.2, 0.25) is 0 Å². The molecule has 0 unspecified atom stereocenters. The summed E-state index contributed by atoms with van der Waals surface area (Å²) in [4.78, 5) is 0. The lowest BCUT2D eigenvalue weighted by molar-refractivity contribution is 0.639. The second kappa shape index (κ2) is 17.0. The fourth-order valence-electron chi connectivity index (χ4n) is 11.4. The maximum atomic E-state index is 9.35. The minimum atomic E-state index is 0.508. The van der Waals surface area contributed by atoms with Crippen molar-refractivity contribution in [3.63, 3.8) is 0 Å². The number of aryl methyl sites for hydroxylation is 3. The van der Waals surface area contributed by atoms with Gasteiger partial charge in [-0.15, -0.1) is 0 Å². The highest BCUT2D eigenvalue weighted by Gasteiger charge is 2.26. The number of hydrogen-bond donors (Lipinski definition) is 1. The summed E-state index contributed by atoms with van der Waals surface area (Å²) in [5.41, 5.74) is 14.7. The molecule has 0 amide bonds. The third kappa shape index (κ3) is 6.85. The molecule has 332 valence electrons. The number of nitrogens with zero attached hydrogens (tertiary/aromatic N) is 4. The molecule has 0 bridgehead atoms. The quantitative estimate of drug-likeness (QED) is 0.0643. The molecule has 12 aromatic rings. The van der Waals surface area contributed by atoms with Crippen LogP contribution in [0.1, 0.15) is 23.1 Å². The van der Waals surface area contributed by atoms with Crippen molar-refractivity contribution in [1.29, 1.82) is 5.41 Å². The van der Waals surface area contributed by atoms with E-state index >= 15 is 0 Å². The number of benzene rings is 9. The fourth-order valence-corrected chi connectivity index (χ4v) is 12.1. The first-order valence-electron chi connectivity index (χ1n) is 24.0. The normalized spacial score (nSPS) is 13.2. The molecule has 13 rings (SSSR count). The van der Waals surface area contributed by atoms with Gasteiger partial charge in [0.15, 0.2) is 0 Å². The summed E-state index contributed by atoms with van der Waals surface area (Å²) in [7, 11) is 2.13. The smallest absolute Gasteiger partial charge is 0.110 e. The molecule has 1 N–H and O–H groups in total. The van der Waals surface area contributed by atoms with Crippen molar-refractivity contribution in [3.05, 3.63) is 229 Å². The highest BCUT2D eigenvalue weighted by Crippen LogP contribution is 2.44. The summed E-state index contributed by atoms with van der Waals surface area (Å²) in [6.45, 7) is 1.37. The molecule has 0 fully saturated rings. The van der Waals surface area contributed by atoms with Crippen LogP contribution in [-0.2, 0) is 19.4 Å². The highest BCUT2D eigenvalue weighted by molar-refractivity contribution is 8.12. The van der Waals surface area contributed by atoms with Crippen LogP contribution in [-0.4, -0.2) is 36.6 Å². The van der Waals surface area contributed by atoms with Gasteiger partial charge in [-0.25, -0.2) is 4.31 Å². The maximum absolute atomic E-state index is 9.35. The number of likely N-dealkylation sites (N-methyl/N-ethyl adjacent to an activating group) is 1. The third-order valence-corrected chi connectivity index (χ3v) is 15.2. The summed E-state index contributed by atoms with van der Waals surface area (Å²) in [5.74, 6) is 0. The van der Waals surface area contributed by atoms with E-state index in [1.54, 1.807) is 0 Å². The van der Waals surface area contributed by atoms with Gasteiger partial charge in [-0.1, -0.05) is 188 Å². The van der Waals surface area contributed by atoms with Crippen LogP contribution in [0.5, 0.6) is 0 Å². The largest absolute Gasteiger partial charge is 0.340 e. The Labute approximate surface area is 405 Å². The van der Waals surface area contributed by atoms with Crippen molar-refractivity contribution in [1.82, 2.24) is 18.0 Å². The van der Waals surface area contributed by atoms with E-state index in [1.807, 2.05) is 30.3 Å². The monoisotopic (exact) mass is 907 g/mol. The van der Waals surface area contributed by atoms with Crippen molar-refractivity contribution in [2.24, 2.45) is 0 Å². The lowest BCUT2D eigenvalue weighted by atomic mass is 9.89. The van der Waals surface area contributed by atoms with E-state index in [-0.39, 0.29) is 0 Å². The summed E-state index contributed by atoms with van der Waals surface area (Å²) in [6.07, 6.45) is 7.77. The van der Waals surface area contributed by atoms with Crippen LogP contribution >= 0.6 is 11.9 Å². The summed E-state index contributed by atoms with van der Waals surface area (Å²) in [5, 5.41) is 20.9. The van der Waals surface area contributed by atoms with Crippen LogP contribution in [0, 0.1) is 5.41 Å². The number of hydrogen-bond acceptors (Lipinski definition) is 3. The van der Waals surface area contributed by atoms with Gasteiger partial charge in [0.05, 0.1) is 45.7 Å². The number of fused-ring (bicyclic) bond motifs is 15. The Morgan fingerprint density at radius 2 is 1.09 bits per heavy atom. The van der Waals surface area contributed by atoms with Crippen molar-refractivity contribution in [3.8, 4) is 11.3 Å². The average molecular weight is 908 g/mol. The van der Waals surface area contributed by atoms with Gasteiger partial charge in [0.1, 0.15) is 5.04 Å². The number of aromatic nitrogens is 3. The molecule has 0 spiro atoms. The van der Waals surface area contributed by atoms with Crippen LogP contribution in [0.15, 0.2) is 212 Å². The van der Waals surface area contributed by atoms with Gasteiger partial charge in [-0.05, 0) is 84.4 Å². The van der Waals surface area contributed by atoms with Crippen molar-refractivity contribution >= 4 is 104 Å². The Kier molecular flexibility index (Phi) is 10.2. The third-order valence-electron chi connectivity index (χ3n) is 14.4. The maximum Gasteiger partial charge on any atom is 0.110 e. The number of nitrogens with one attached hydrogen (secondary N) is 1. The zero-order chi connectivity index (χ0) is 46.0. The van der Waals surface area contributed by atoms with Gasteiger partial charge in [0, 0.05) is 60.9 Å². The summed E-state index contributed by atoms with van der Waals surface area (Å²) in [6, 6.07) is 72.7. The van der Waals surface area contributed by atoms with E-state index in [2.05, 4.69) is 207 Å². The number of allylic oxidation sites excluding steroid dienone is 3.